The van der Waals surface area contributed by atoms with Crippen LogP contribution in [-0.4, -0.2) is 16.7 Å². The van der Waals surface area contributed by atoms with Crippen molar-refractivity contribution in [3.8, 4) is 5.75 Å². The van der Waals surface area contributed by atoms with Crippen molar-refractivity contribution in [2.45, 2.75) is 41.5 Å². The zero-order chi connectivity index (χ0) is 20.4. The molecule has 4 rings (SSSR count). The van der Waals surface area contributed by atoms with Crippen LogP contribution in [0.3, 0.4) is 0 Å². The number of aliphatic hydroxyl groups is 1. The summed E-state index contributed by atoms with van der Waals surface area (Å²) in [7, 11) is 0. The fourth-order valence-electron chi connectivity index (χ4n) is 3.36. The number of aromatic nitrogens is 1. The van der Waals surface area contributed by atoms with E-state index in [9.17, 15) is 9.50 Å². The maximum atomic E-state index is 13.3. The molecule has 0 unspecified atom stereocenters. The van der Waals surface area contributed by atoms with Gasteiger partial charge in [0.1, 0.15) is 18.2 Å². The molecule has 0 amide bonds. The Morgan fingerprint density at radius 2 is 1.93 bits per heavy atom. The molecule has 1 aliphatic heterocycles. The quantitative estimate of drug-likeness (QED) is 0.504. The van der Waals surface area contributed by atoms with Gasteiger partial charge in [0.2, 0.25) is 0 Å². The van der Waals surface area contributed by atoms with Crippen molar-refractivity contribution in [2.24, 2.45) is 0 Å². The van der Waals surface area contributed by atoms with Crippen molar-refractivity contribution < 1.29 is 14.2 Å². The molecular formula is C23H22FNO2S2. The van der Waals surface area contributed by atoms with Crippen LogP contribution in [0.5, 0.6) is 5.75 Å². The lowest BCUT2D eigenvalue weighted by molar-refractivity contribution is 0.0319. The first-order valence-electron chi connectivity index (χ1n) is 9.62. The van der Waals surface area contributed by atoms with Gasteiger partial charge in [-0.25, -0.2) is 9.37 Å². The third-order valence-electron chi connectivity index (χ3n) is 5.24. The van der Waals surface area contributed by atoms with Crippen molar-refractivity contribution >= 4 is 28.7 Å². The van der Waals surface area contributed by atoms with Crippen molar-refractivity contribution in [3.05, 3.63) is 76.6 Å². The molecule has 150 valence electrons. The van der Waals surface area contributed by atoms with E-state index in [1.807, 2.05) is 38.1 Å². The first-order valence-corrected chi connectivity index (χ1v) is 11.3. The Balaban J connectivity index is 1.57. The third kappa shape index (κ3) is 4.10. The Bertz CT molecular complexity index is 1040. The van der Waals surface area contributed by atoms with E-state index < -0.39 is 5.60 Å². The Hall–Kier alpha value is -2.15. The summed E-state index contributed by atoms with van der Waals surface area (Å²) in [5.41, 5.74) is 2.22. The summed E-state index contributed by atoms with van der Waals surface area (Å²) in [6, 6.07) is 12.6. The lowest BCUT2D eigenvalue weighted by Crippen LogP contribution is -2.21. The Morgan fingerprint density at radius 1 is 1.17 bits per heavy atom. The lowest BCUT2D eigenvalue weighted by Gasteiger charge is -2.22. The molecule has 0 radical (unpaired) electrons. The molecule has 29 heavy (non-hydrogen) atoms. The smallest absolute Gasteiger partial charge is 0.154 e. The monoisotopic (exact) mass is 427 g/mol. The highest BCUT2D eigenvalue weighted by molar-refractivity contribution is 8.01. The lowest BCUT2D eigenvalue weighted by atomic mass is 9.95. The average Bonchev–Trinajstić information content (AvgIpc) is 3.22. The summed E-state index contributed by atoms with van der Waals surface area (Å²) < 4.78 is 20.0. The zero-order valence-corrected chi connectivity index (χ0v) is 17.9. The Labute approximate surface area is 178 Å². The minimum absolute atomic E-state index is 0.241. The van der Waals surface area contributed by atoms with Crippen LogP contribution in [0.4, 0.5) is 4.39 Å². The van der Waals surface area contributed by atoms with Gasteiger partial charge in [-0.3, -0.25) is 0 Å². The fourth-order valence-corrected chi connectivity index (χ4v) is 5.57. The van der Waals surface area contributed by atoms with Gasteiger partial charge in [-0.1, -0.05) is 37.7 Å². The molecule has 1 aliphatic rings. The van der Waals surface area contributed by atoms with Gasteiger partial charge in [-0.05, 0) is 60.4 Å². The van der Waals surface area contributed by atoms with E-state index >= 15 is 0 Å². The molecule has 0 atom stereocenters. The standard InChI is InChI=1S/C23H22FNO2S2/c1-3-23(26,4-2)21-14-25-22(29-21)28-17-9-10-19-18(11-12-27-20(19)13-17)15-5-7-16(24)8-6-15/h5-11,13-14,26H,3-4,12H2,1-2H3. The van der Waals surface area contributed by atoms with Crippen molar-refractivity contribution in [1.29, 1.82) is 0 Å². The van der Waals surface area contributed by atoms with E-state index in [-0.39, 0.29) is 5.82 Å². The summed E-state index contributed by atoms with van der Waals surface area (Å²) in [6.07, 6.45) is 5.14. The molecule has 2 aromatic carbocycles. The van der Waals surface area contributed by atoms with Gasteiger partial charge in [0.05, 0.1) is 10.5 Å². The third-order valence-corrected chi connectivity index (χ3v) is 7.50. The van der Waals surface area contributed by atoms with Crippen molar-refractivity contribution in [3.63, 3.8) is 0 Å². The van der Waals surface area contributed by atoms with E-state index in [0.29, 0.717) is 19.4 Å². The number of halogens is 1. The fraction of sp³-hybridized carbons (Fsp3) is 0.261. The summed E-state index contributed by atoms with van der Waals surface area (Å²) in [5.74, 6) is 0.571. The number of hydrogen-bond donors (Lipinski definition) is 1. The van der Waals surface area contributed by atoms with E-state index in [2.05, 4.69) is 4.98 Å². The molecule has 0 saturated carbocycles. The first kappa shape index (κ1) is 20.1. The molecule has 3 nitrogen and oxygen atoms in total. The van der Waals surface area contributed by atoms with Crippen LogP contribution in [0.2, 0.25) is 0 Å². The highest BCUT2D eigenvalue weighted by Crippen LogP contribution is 2.41. The van der Waals surface area contributed by atoms with Crippen molar-refractivity contribution in [2.75, 3.05) is 6.61 Å². The van der Waals surface area contributed by atoms with Crippen LogP contribution >= 0.6 is 23.1 Å². The van der Waals surface area contributed by atoms with Crippen LogP contribution < -0.4 is 4.74 Å². The van der Waals surface area contributed by atoms with Gasteiger partial charge in [0.15, 0.2) is 4.34 Å². The SMILES string of the molecule is CCC(O)(CC)c1cnc(Sc2ccc3c(c2)OCC=C3c2ccc(F)cc2)s1. The van der Waals surface area contributed by atoms with Gasteiger partial charge in [0, 0.05) is 16.7 Å². The van der Waals surface area contributed by atoms with E-state index in [4.69, 9.17) is 4.74 Å². The van der Waals surface area contributed by atoms with Crippen LogP contribution in [0.1, 0.15) is 42.7 Å². The first-order chi connectivity index (χ1) is 14.0. The average molecular weight is 428 g/mol. The molecular weight excluding hydrogens is 405 g/mol. The number of ether oxygens (including phenoxy) is 1. The summed E-state index contributed by atoms with van der Waals surface area (Å²) in [5, 5.41) is 10.7. The Kier molecular flexibility index (Phi) is 5.76. The molecule has 2 heterocycles. The normalized spacial score (nSPS) is 13.6. The van der Waals surface area contributed by atoms with E-state index in [1.165, 1.54) is 23.5 Å². The maximum Gasteiger partial charge on any atom is 0.154 e. The molecule has 1 aromatic heterocycles. The molecule has 0 saturated heterocycles. The number of nitrogens with zero attached hydrogens (tertiary/aromatic N) is 1. The van der Waals surface area contributed by atoms with Crippen LogP contribution in [-0.2, 0) is 5.60 Å². The van der Waals surface area contributed by atoms with Crippen molar-refractivity contribution in [1.82, 2.24) is 4.98 Å². The highest BCUT2D eigenvalue weighted by atomic mass is 32.2. The number of benzene rings is 2. The Morgan fingerprint density at radius 3 is 2.66 bits per heavy atom. The molecule has 3 aromatic rings. The number of fused-ring (bicyclic) bond motifs is 1. The number of thiazole rings is 1. The van der Waals surface area contributed by atoms with Gasteiger partial charge >= 0.3 is 0 Å². The molecule has 0 spiro atoms. The second-order valence-corrected chi connectivity index (χ2v) is 9.28. The number of hydrogen-bond acceptors (Lipinski definition) is 5. The maximum absolute atomic E-state index is 13.3. The predicted octanol–water partition coefficient (Wildman–Crippen LogP) is 6.27. The summed E-state index contributed by atoms with van der Waals surface area (Å²) >= 11 is 3.10. The zero-order valence-electron chi connectivity index (χ0n) is 16.3. The minimum Gasteiger partial charge on any atom is -0.489 e. The summed E-state index contributed by atoms with van der Waals surface area (Å²) in [6.45, 7) is 4.46. The molecule has 1 N–H and O–H groups in total. The molecule has 0 aliphatic carbocycles. The second kappa shape index (κ2) is 8.30. The largest absolute Gasteiger partial charge is 0.489 e. The predicted molar refractivity (Wildman–Crippen MR) is 116 cm³/mol. The molecule has 0 fully saturated rings. The second-order valence-electron chi connectivity index (χ2n) is 6.92. The van der Waals surface area contributed by atoms with Crippen LogP contribution in [0, 0.1) is 5.82 Å². The van der Waals surface area contributed by atoms with E-state index in [0.717, 1.165) is 36.6 Å². The van der Waals surface area contributed by atoms with Gasteiger partial charge < -0.3 is 9.84 Å². The van der Waals surface area contributed by atoms with Gasteiger partial charge in [-0.15, -0.1) is 11.3 Å². The highest BCUT2D eigenvalue weighted by Gasteiger charge is 2.27. The topological polar surface area (TPSA) is 42.4 Å². The van der Waals surface area contributed by atoms with Crippen LogP contribution in [0.15, 0.2) is 64.0 Å². The molecule has 0 bridgehead atoms. The molecule has 6 heteroatoms. The van der Waals surface area contributed by atoms with Gasteiger partial charge in [0.25, 0.3) is 0 Å². The van der Waals surface area contributed by atoms with E-state index in [1.54, 1.807) is 30.1 Å². The summed E-state index contributed by atoms with van der Waals surface area (Å²) in [4.78, 5) is 6.42. The van der Waals surface area contributed by atoms with Crippen LogP contribution in [0.25, 0.3) is 5.57 Å². The van der Waals surface area contributed by atoms with Gasteiger partial charge in [-0.2, -0.15) is 0 Å². The number of rotatable bonds is 6. The minimum atomic E-state index is -0.801.